The Morgan fingerprint density at radius 3 is 1.08 bits per heavy atom. The number of phenolic OH excluding ortho intramolecular Hbond substituents is 4. The topological polar surface area (TPSA) is 613 Å². The highest BCUT2D eigenvalue weighted by molar-refractivity contribution is 9.11. The number of hydrogen-bond acceptors (Lipinski definition) is 34. The van der Waals surface area contributed by atoms with Crippen molar-refractivity contribution in [2.75, 3.05) is 13.2 Å². The number of hydrogen-bond donors (Lipinski definition) is 13. The van der Waals surface area contributed by atoms with Crippen LogP contribution in [0, 0.1) is 25.2 Å². The molecule has 624 valence electrons. The molecule has 0 bridgehead atoms. The van der Waals surface area contributed by atoms with Crippen molar-refractivity contribution in [2.45, 2.75) is 80.1 Å². The number of phenols is 4. The molecule has 0 atom stereocenters. The fraction of sp³-hybridized carbons (Fsp3) is 0.194. The summed E-state index contributed by atoms with van der Waals surface area (Å²) in [6, 6.07) is 47.7. The maximum Gasteiger partial charge on any atom is 0.204 e. The quantitative estimate of drug-likeness (QED) is 0.0403. The lowest BCUT2D eigenvalue weighted by Crippen LogP contribution is -1.94. The minimum atomic E-state index is 0.000617. The van der Waals surface area contributed by atoms with Gasteiger partial charge in [-0.05, 0) is 261 Å². The molecule has 0 radical (unpaired) electrons. The smallest absolute Gasteiger partial charge is 0.204 e. The van der Waals surface area contributed by atoms with Crippen LogP contribution in [0.2, 0.25) is 15.1 Å². The minimum Gasteiger partial charge on any atom is -0.507 e. The molecular formula is C72H73Br3Cl3N37O6. The van der Waals surface area contributed by atoms with Crippen molar-refractivity contribution in [3.63, 3.8) is 0 Å². The van der Waals surface area contributed by atoms with E-state index in [1.54, 1.807) is 42.5 Å². The summed E-state index contributed by atoms with van der Waals surface area (Å²) < 4.78 is 13.5. The number of aromatic nitrogens is 36. The molecule has 49 heteroatoms. The molecule has 9 heterocycles. The largest absolute Gasteiger partial charge is 0.507 e. The van der Waals surface area contributed by atoms with Gasteiger partial charge in [0.05, 0.1) is 44.4 Å². The van der Waals surface area contributed by atoms with Gasteiger partial charge in [-0.15, -0.1) is 91.8 Å². The van der Waals surface area contributed by atoms with Gasteiger partial charge in [-0.2, -0.15) is 52.2 Å². The van der Waals surface area contributed by atoms with Gasteiger partial charge in [0, 0.05) is 60.7 Å². The zero-order valence-corrected chi connectivity index (χ0v) is 71.6. The Kier molecular flexibility index (Phi) is 38.7. The third-order valence-electron chi connectivity index (χ3n) is 15.0. The van der Waals surface area contributed by atoms with E-state index in [4.69, 9.17) is 64.9 Å². The maximum absolute atomic E-state index is 9.23. The monoisotopic (exact) mass is 1890 g/mol. The number of nitrogens with one attached hydrogen (secondary N) is 9. The number of unbranched alkanes of at least 4 members (excludes halogenated alkanes) is 1. The van der Waals surface area contributed by atoms with Gasteiger partial charge in [0.15, 0.2) is 11.6 Å². The average Bonchev–Trinajstić information content (AvgIpc) is 1.82. The first-order valence-electron chi connectivity index (χ1n) is 35.7. The zero-order chi connectivity index (χ0) is 86.5. The van der Waals surface area contributed by atoms with Crippen LogP contribution in [0.4, 0.5) is 0 Å². The third kappa shape index (κ3) is 31.4. The van der Waals surface area contributed by atoms with Crippen LogP contribution in [0.25, 0.3) is 79.7 Å². The second kappa shape index (κ2) is 50.6. The van der Waals surface area contributed by atoms with E-state index >= 15 is 0 Å². The second-order valence-corrected chi connectivity index (χ2v) is 27.5. The van der Waals surface area contributed by atoms with Crippen molar-refractivity contribution < 1.29 is 29.9 Å². The van der Waals surface area contributed by atoms with E-state index in [0.717, 1.165) is 110 Å². The first-order chi connectivity index (χ1) is 58.8. The van der Waals surface area contributed by atoms with Crippen LogP contribution < -0.4 is 9.47 Å². The van der Waals surface area contributed by atoms with E-state index in [0.29, 0.717) is 68.5 Å². The van der Waals surface area contributed by atoms with Crippen LogP contribution in [-0.4, -0.2) is 219 Å². The van der Waals surface area contributed by atoms with Crippen molar-refractivity contribution >= 4 is 82.6 Å². The van der Waals surface area contributed by atoms with Crippen molar-refractivity contribution in [2.24, 2.45) is 0 Å². The van der Waals surface area contributed by atoms with Crippen molar-refractivity contribution in [3.8, 4) is 120 Å². The normalized spacial score (nSPS) is 10.0. The molecule has 43 nitrogen and oxygen atoms in total. The lowest BCUT2D eigenvalue weighted by molar-refractivity contribution is 0.317. The second-order valence-electron chi connectivity index (χ2n) is 23.7. The van der Waals surface area contributed by atoms with Gasteiger partial charge in [-0.1, -0.05) is 104 Å². The third-order valence-corrected chi connectivity index (χ3v) is 17.9. The SMILES string of the molecule is CCCCc1nn[nH]n1.CCCOc1ccc(-c2nn[nH]n2)cc1.CCCc1nn[nH]n1.CCOc1ccc(-c2nn[nH]n2)cc1.Cc1cc(-c2nn[nH]n2)ccc1Br.Cc1cc(Br)ccc1-c1nn[nH]n1.N#Cc1ccc(O)c(Cl)c1.Oc1ccc(-c2nn[nH]n2)cc1Br.Oc1ccc(-c2nn[nH]n2)cc1Cl.Oc1ccc(-c2nn[nH]n2)cc1Cl. The van der Waals surface area contributed by atoms with Crippen LogP contribution in [0.1, 0.15) is 81.7 Å². The highest BCUT2D eigenvalue weighted by Gasteiger charge is 2.12. The van der Waals surface area contributed by atoms with E-state index in [-0.39, 0.29) is 38.1 Å². The van der Waals surface area contributed by atoms with Crippen LogP contribution >= 0.6 is 82.6 Å². The van der Waals surface area contributed by atoms with Crippen LogP contribution in [-0.2, 0) is 12.8 Å². The fourth-order valence-electron chi connectivity index (χ4n) is 9.08. The Balaban J connectivity index is 0.000000168. The minimum absolute atomic E-state index is 0.000617. The van der Waals surface area contributed by atoms with E-state index in [2.05, 4.69) is 254 Å². The number of nitriles is 1. The van der Waals surface area contributed by atoms with Crippen molar-refractivity contribution in [1.29, 1.82) is 5.26 Å². The molecule has 0 spiro atoms. The molecule has 0 saturated carbocycles. The molecule has 0 amide bonds. The molecule has 0 aliphatic rings. The molecule has 0 unspecified atom stereocenters. The summed E-state index contributed by atoms with van der Waals surface area (Å²) in [5, 5.41) is 167. The summed E-state index contributed by atoms with van der Waals surface area (Å²) >= 11 is 26.9. The van der Waals surface area contributed by atoms with E-state index < -0.39 is 0 Å². The first kappa shape index (κ1) is 92.5. The Bertz CT molecular complexity index is 5410. The van der Waals surface area contributed by atoms with Crippen molar-refractivity contribution in [1.82, 2.24) is 186 Å². The number of aryl methyl sites for hydroxylation is 4. The van der Waals surface area contributed by atoms with Gasteiger partial charge >= 0.3 is 0 Å². The number of nitrogens with zero attached hydrogens (tertiary/aromatic N) is 28. The molecule has 0 aliphatic carbocycles. The summed E-state index contributed by atoms with van der Waals surface area (Å²) in [6.45, 7) is 13.7. The van der Waals surface area contributed by atoms with Crippen LogP contribution in [0.5, 0.6) is 34.5 Å². The molecular weight excluding hydrogens is 1830 g/mol. The van der Waals surface area contributed by atoms with Gasteiger partial charge < -0.3 is 29.9 Å². The lowest BCUT2D eigenvalue weighted by Gasteiger charge is -2.03. The number of rotatable bonds is 17. The van der Waals surface area contributed by atoms with Gasteiger partial charge in [-0.25, -0.2) is 0 Å². The Labute approximate surface area is 726 Å². The Morgan fingerprint density at radius 2 is 0.719 bits per heavy atom. The number of halogens is 6. The number of tetrazole rings is 9. The first-order valence-corrected chi connectivity index (χ1v) is 39.2. The molecule has 121 heavy (non-hydrogen) atoms. The molecule has 17 rings (SSSR count). The summed E-state index contributed by atoms with van der Waals surface area (Å²) in [5.74, 6) is 7.42. The van der Waals surface area contributed by atoms with E-state index in [9.17, 15) is 5.11 Å². The number of H-pyrrole nitrogens is 9. The van der Waals surface area contributed by atoms with Crippen LogP contribution in [0.3, 0.4) is 0 Å². The van der Waals surface area contributed by atoms with E-state index in [1.807, 2.05) is 112 Å². The molecule has 0 saturated heterocycles. The molecule has 17 aromatic rings. The van der Waals surface area contributed by atoms with Gasteiger partial charge in [0.2, 0.25) is 40.8 Å². The number of aromatic hydroxyl groups is 4. The molecule has 13 N–H and O–H groups in total. The van der Waals surface area contributed by atoms with Gasteiger partial charge in [0.1, 0.15) is 34.5 Å². The summed E-state index contributed by atoms with van der Waals surface area (Å²) in [4.78, 5) is 0. The molecule has 0 fully saturated rings. The fourth-order valence-corrected chi connectivity index (χ4v) is 10.7. The number of ether oxygens (including phenoxy) is 2. The summed E-state index contributed by atoms with van der Waals surface area (Å²) in [6.07, 6.45) is 6.24. The molecule has 0 aliphatic heterocycles. The molecule has 9 aromatic heterocycles. The van der Waals surface area contributed by atoms with E-state index in [1.165, 1.54) is 36.8 Å². The van der Waals surface area contributed by atoms with Crippen molar-refractivity contribution in [3.05, 3.63) is 215 Å². The Hall–Kier alpha value is -14.0. The summed E-state index contributed by atoms with van der Waals surface area (Å²) in [5.41, 5.74) is 8.73. The standard InChI is InChI=1S/C10H12N4O.C9H10N4O.2C8H7BrN4.C7H5BrN4O.2C7H5ClN4O.C7H4ClNO.C5H10N4.C4H8N4/c1-2-7-15-9-5-3-8(4-6-9)10-11-13-14-12-10;1-2-14-8-5-3-7(4-6-8)9-10-12-13-11-9;1-5-4-6(9)2-3-7(5)8-10-12-13-11-8;1-5-4-6(2-3-7(5)9)8-10-12-13-11-8;3*8-5-3-4(1-2-6(5)13)7-9-11-12-10-7;8-6-3-5(4-9)1-2-7(6)10;1-2-3-4-5-6-8-9-7-5;1-2-3-4-5-7-8-6-4/h3-6H,2,7H2,1H3,(H,11,12,13,14);3-6H,2H2,1H3,(H,10,11,12,13);2*2-4H,1H3,(H,10,11,12,13);3*1-3,13H,(H,9,10,11,12);1-3,10H;2-4H2,1H3,(H,6,7,8,9);2-3H2,1H3,(H,5,6,7,8). The average molecular weight is 1900 g/mol. The van der Waals surface area contributed by atoms with Crippen LogP contribution in [0.15, 0.2) is 171 Å². The van der Waals surface area contributed by atoms with Gasteiger partial charge in [-0.3, -0.25) is 0 Å². The maximum atomic E-state index is 9.23. The highest BCUT2D eigenvalue weighted by atomic mass is 79.9. The Morgan fingerprint density at radius 1 is 0.347 bits per heavy atom. The predicted octanol–water partition coefficient (Wildman–Crippen LogP) is 13.2. The lowest BCUT2D eigenvalue weighted by atomic mass is 10.1. The zero-order valence-electron chi connectivity index (χ0n) is 64.6. The number of aromatic amines is 9. The summed E-state index contributed by atoms with van der Waals surface area (Å²) in [7, 11) is 0. The highest BCUT2D eigenvalue weighted by Crippen LogP contribution is 2.31. The van der Waals surface area contributed by atoms with Gasteiger partial charge in [0.25, 0.3) is 0 Å². The molecule has 8 aromatic carbocycles. The number of benzene rings is 8. The predicted molar refractivity (Wildman–Crippen MR) is 451 cm³/mol.